The van der Waals surface area contributed by atoms with Gasteiger partial charge in [-0.05, 0) is 5.56 Å². The van der Waals surface area contributed by atoms with Crippen molar-refractivity contribution in [3.8, 4) is 0 Å². The number of aromatic nitrogens is 2. The molecular weight excluding hydrogens is 310 g/mol. The molecule has 1 aliphatic rings. The smallest absolute Gasteiger partial charge is 0.239 e. The topological polar surface area (TPSA) is 75.3 Å². The summed E-state index contributed by atoms with van der Waals surface area (Å²) in [6, 6.07) is 9.38. The van der Waals surface area contributed by atoms with Crippen LogP contribution in [0.5, 0.6) is 0 Å². The summed E-state index contributed by atoms with van der Waals surface area (Å²) in [4.78, 5) is 20.9. The van der Waals surface area contributed by atoms with Crippen molar-refractivity contribution in [2.75, 3.05) is 31.1 Å². The van der Waals surface area contributed by atoms with Crippen LogP contribution in [0.4, 0.5) is 5.13 Å². The predicted octanol–water partition coefficient (Wildman–Crippen LogP) is 1.45. The van der Waals surface area contributed by atoms with Crippen LogP contribution in [-0.4, -0.2) is 46.3 Å². The summed E-state index contributed by atoms with van der Waals surface area (Å²) in [6.07, 6.45) is 0.855. The standard InChI is InChI=1S/C16H21N5OS/c1-2-13-18-16(23-19-13)21-10-8-20(9-11-21)14(15(17)22)12-6-4-3-5-7-12/h3-7,14H,2,8-11H2,1H3,(H2,17,22)/t14-/m1/s1. The van der Waals surface area contributed by atoms with Crippen LogP contribution >= 0.6 is 11.5 Å². The van der Waals surface area contributed by atoms with Crippen molar-refractivity contribution >= 4 is 22.6 Å². The summed E-state index contributed by atoms with van der Waals surface area (Å²) < 4.78 is 4.34. The van der Waals surface area contributed by atoms with Crippen molar-refractivity contribution in [3.63, 3.8) is 0 Å². The quantitative estimate of drug-likeness (QED) is 0.897. The second-order valence-corrected chi connectivity index (χ2v) is 6.32. The molecule has 1 aromatic carbocycles. The van der Waals surface area contributed by atoms with Crippen molar-refractivity contribution in [1.29, 1.82) is 0 Å². The number of aryl methyl sites for hydroxylation is 1. The van der Waals surface area contributed by atoms with E-state index in [1.165, 1.54) is 11.5 Å². The highest BCUT2D eigenvalue weighted by atomic mass is 32.1. The fourth-order valence-electron chi connectivity index (χ4n) is 2.88. The van der Waals surface area contributed by atoms with Crippen LogP contribution in [0.15, 0.2) is 30.3 Å². The second-order valence-electron chi connectivity index (χ2n) is 5.59. The molecule has 1 saturated heterocycles. The SMILES string of the molecule is CCc1nsc(N2CCN([C@@H](C(N)=O)c3ccccc3)CC2)n1. The first-order chi connectivity index (χ1) is 11.2. The van der Waals surface area contributed by atoms with E-state index >= 15 is 0 Å². The summed E-state index contributed by atoms with van der Waals surface area (Å²) in [5.74, 6) is 0.598. The molecule has 2 aromatic rings. The van der Waals surface area contributed by atoms with E-state index in [0.29, 0.717) is 0 Å². The van der Waals surface area contributed by atoms with Crippen LogP contribution < -0.4 is 10.6 Å². The van der Waals surface area contributed by atoms with Crippen molar-refractivity contribution in [1.82, 2.24) is 14.3 Å². The van der Waals surface area contributed by atoms with Crippen LogP contribution in [0.2, 0.25) is 0 Å². The Bertz CT molecular complexity index is 652. The Balaban J connectivity index is 1.68. The van der Waals surface area contributed by atoms with Gasteiger partial charge in [0.25, 0.3) is 0 Å². The number of carbonyl (C=O) groups excluding carboxylic acids is 1. The fourth-order valence-corrected chi connectivity index (χ4v) is 3.68. The Morgan fingerprint density at radius 1 is 1.26 bits per heavy atom. The molecule has 2 heterocycles. The first kappa shape index (κ1) is 15.9. The van der Waals surface area contributed by atoms with Gasteiger partial charge in [0.05, 0.1) is 0 Å². The Labute approximate surface area is 140 Å². The van der Waals surface area contributed by atoms with Gasteiger partial charge in [-0.25, -0.2) is 4.98 Å². The molecule has 0 aliphatic carbocycles. The minimum Gasteiger partial charge on any atom is -0.368 e. The lowest BCUT2D eigenvalue weighted by molar-refractivity contribution is -0.123. The summed E-state index contributed by atoms with van der Waals surface area (Å²) in [5.41, 5.74) is 6.61. The van der Waals surface area contributed by atoms with Gasteiger partial charge in [-0.1, -0.05) is 37.3 Å². The number of rotatable bonds is 5. The molecule has 0 unspecified atom stereocenters. The molecule has 0 bridgehead atoms. The van der Waals surface area contributed by atoms with Crippen LogP contribution in [0.3, 0.4) is 0 Å². The zero-order valence-corrected chi connectivity index (χ0v) is 14.0. The average molecular weight is 331 g/mol. The summed E-state index contributed by atoms with van der Waals surface area (Å²) in [6.45, 7) is 5.28. The zero-order valence-electron chi connectivity index (χ0n) is 13.2. The van der Waals surface area contributed by atoms with Crippen molar-refractivity contribution in [2.24, 2.45) is 5.73 Å². The lowest BCUT2D eigenvalue weighted by Gasteiger charge is -2.38. The number of nitrogens with zero attached hydrogens (tertiary/aromatic N) is 4. The van der Waals surface area contributed by atoms with E-state index in [4.69, 9.17) is 5.73 Å². The zero-order chi connectivity index (χ0) is 16.2. The van der Waals surface area contributed by atoms with Crippen LogP contribution in [0.25, 0.3) is 0 Å². The number of hydrogen-bond donors (Lipinski definition) is 1. The Morgan fingerprint density at radius 3 is 2.52 bits per heavy atom. The molecule has 1 amide bonds. The van der Waals surface area contributed by atoms with E-state index in [2.05, 4.69) is 26.1 Å². The molecule has 0 radical (unpaired) electrons. The van der Waals surface area contributed by atoms with Crippen LogP contribution in [-0.2, 0) is 11.2 Å². The number of anilines is 1. The Hall–Kier alpha value is -1.99. The highest BCUT2D eigenvalue weighted by Crippen LogP contribution is 2.25. The molecule has 7 heteroatoms. The van der Waals surface area contributed by atoms with Gasteiger partial charge < -0.3 is 10.6 Å². The minimum absolute atomic E-state index is 0.297. The van der Waals surface area contributed by atoms with Crippen molar-refractivity contribution in [3.05, 3.63) is 41.7 Å². The molecule has 1 atom stereocenters. The number of nitrogens with two attached hydrogens (primary N) is 1. The third-order valence-corrected chi connectivity index (χ3v) is 4.92. The van der Waals surface area contributed by atoms with Gasteiger partial charge in [0.15, 0.2) is 0 Å². The Kier molecular flexibility index (Phi) is 4.88. The number of hydrogen-bond acceptors (Lipinski definition) is 6. The molecule has 3 rings (SSSR count). The maximum absolute atomic E-state index is 11.9. The van der Waals surface area contributed by atoms with Gasteiger partial charge in [0.1, 0.15) is 11.9 Å². The normalized spacial score (nSPS) is 17.2. The maximum Gasteiger partial charge on any atom is 0.239 e. The lowest BCUT2D eigenvalue weighted by Crippen LogP contribution is -2.50. The predicted molar refractivity (Wildman–Crippen MR) is 91.5 cm³/mol. The number of carbonyl (C=O) groups is 1. The van der Waals surface area contributed by atoms with Crippen LogP contribution in [0, 0.1) is 0 Å². The largest absolute Gasteiger partial charge is 0.368 e. The van der Waals surface area contributed by atoms with Crippen molar-refractivity contribution in [2.45, 2.75) is 19.4 Å². The summed E-state index contributed by atoms with van der Waals surface area (Å²) >= 11 is 1.45. The van der Waals surface area contributed by atoms with E-state index in [9.17, 15) is 4.79 Å². The van der Waals surface area contributed by atoms with E-state index in [-0.39, 0.29) is 11.9 Å². The number of amides is 1. The van der Waals surface area contributed by atoms with E-state index in [1.807, 2.05) is 30.3 Å². The average Bonchev–Trinajstić information content (AvgIpc) is 3.05. The number of piperazine rings is 1. The van der Waals surface area contributed by atoms with Crippen molar-refractivity contribution < 1.29 is 4.79 Å². The van der Waals surface area contributed by atoms with E-state index in [1.54, 1.807) is 0 Å². The fraction of sp³-hybridized carbons (Fsp3) is 0.438. The Morgan fingerprint density at radius 2 is 1.96 bits per heavy atom. The minimum atomic E-state index is -0.362. The third-order valence-electron chi connectivity index (χ3n) is 4.11. The van der Waals surface area contributed by atoms with Crippen LogP contribution in [0.1, 0.15) is 24.4 Å². The maximum atomic E-state index is 11.9. The monoisotopic (exact) mass is 331 g/mol. The first-order valence-electron chi connectivity index (χ1n) is 7.85. The van der Waals surface area contributed by atoms with E-state index < -0.39 is 0 Å². The number of benzene rings is 1. The van der Waals surface area contributed by atoms with Gasteiger partial charge in [0.2, 0.25) is 11.0 Å². The molecule has 23 heavy (non-hydrogen) atoms. The number of primary amides is 1. The highest BCUT2D eigenvalue weighted by Gasteiger charge is 2.29. The van der Waals surface area contributed by atoms with Gasteiger partial charge in [-0.15, -0.1) is 0 Å². The lowest BCUT2D eigenvalue weighted by atomic mass is 10.0. The third kappa shape index (κ3) is 3.51. The van der Waals surface area contributed by atoms with Gasteiger partial charge in [-0.2, -0.15) is 4.37 Å². The molecule has 1 fully saturated rings. The molecule has 0 spiro atoms. The summed E-state index contributed by atoms with van der Waals surface area (Å²) in [5, 5.41) is 0.969. The molecule has 122 valence electrons. The molecular formula is C16H21N5OS. The molecule has 2 N–H and O–H groups in total. The van der Waals surface area contributed by atoms with E-state index in [0.717, 1.165) is 49.1 Å². The molecule has 0 saturated carbocycles. The van der Waals surface area contributed by atoms with Gasteiger partial charge in [-0.3, -0.25) is 9.69 Å². The molecule has 6 nitrogen and oxygen atoms in total. The highest BCUT2D eigenvalue weighted by molar-refractivity contribution is 7.09. The molecule has 1 aliphatic heterocycles. The van der Waals surface area contributed by atoms with Gasteiger partial charge in [0, 0.05) is 44.1 Å². The second kappa shape index (κ2) is 7.06. The summed E-state index contributed by atoms with van der Waals surface area (Å²) in [7, 11) is 0. The molecule has 1 aromatic heterocycles. The van der Waals surface area contributed by atoms with Gasteiger partial charge >= 0.3 is 0 Å². The first-order valence-corrected chi connectivity index (χ1v) is 8.62.